The summed E-state index contributed by atoms with van der Waals surface area (Å²) in [6.07, 6.45) is -1.17. The van der Waals surface area contributed by atoms with Crippen LogP contribution in [-0.4, -0.2) is 54.8 Å². The standard InChI is InChI=1S/C23H29N5O6/c1-3-33-17-10-6-7-14(12-17)19(22(31)32)21(34-4-2)28-18(29)13-26-20(30)15-8-5-9-16(11-15)27-23(24)25/h5-12,19,21H,3-4,13H2,1-2H3,(H,26,30)(H,28,29)(H,31,32)(H4,24,25,27). The van der Waals surface area contributed by atoms with Crippen molar-refractivity contribution in [3.8, 4) is 5.75 Å². The molecule has 0 heterocycles. The number of ether oxygens (including phenoxy) is 2. The largest absolute Gasteiger partial charge is 0.494 e. The van der Waals surface area contributed by atoms with E-state index >= 15 is 0 Å². The number of benzene rings is 2. The van der Waals surface area contributed by atoms with Crippen LogP contribution in [-0.2, 0) is 14.3 Å². The van der Waals surface area contributed by atoms with Crippen molar-refractivity contribution < 1.29 is 29.0 Å². The number of hydrogen-bond donors (Lipinski definition) is 5. The van der Waals surface area contributed by atoms with Crippen LogP contribution in [0.2, 0.25) is 0 Å². The van der Waals surface area contributed by atoms with Gasteiger partial charge < -0.3 is 36.7 Å². The molecule has 2 aromatic rings. The van der Waals surface area contributed by atoms with Crippen LogP contribution in [0.3, 0.4) is 0 Å². The van der Waals surface area contributed by atoms with E-state index in [0.29, 0.717) is 23.6 Å². The lowest BCUT2D eigenvalue weighted by molar-refractivity contribution is -0.144. The first-order valence-electron chi connectivity index (χ1n) is 10.6. The van der Waals surface area contributed by atoms with Crippen LogP contribution in [0.4, 0.5) is 5.69 Å². The molecular weight excluding hydrogens is 442 g/mol. The van der Waals surface area contributed by atoms with Crippen LogP contribution in [0.1, 0.15) is 35.7 Å². The van der Waals surface area contributed by atoms with Crippen LogP contribution in [0.15, 0.2) is 53.5 Å². The summed E-state index contributed by atoms with van der Waals surface area (Å²) >= 11 is 0. The predicted octanol–water partition coefficient (Wildman–Crippen LogP) is 1.07. The third-order valence-electron chi connectivity index (χ3n) is 4.52. The van der Waals surface area contributed by atoms with Gasteiger partial charge in [-0.3, -0.25) is 14.4 Å². The summed E-state index contributed by atoms with van der Waals surface area (Å²) in [5, 5.41) is 14.9. The number of carboxylic acid groups (broad SMARTS) is 1. The maximum atomic E-state index is 12.5. The molecule has 0 radical (unpaired) electrons. The molecule has 11 nitrogen and oxygen atoms in total. The number of hydrogen-bond acceptors (Lipinski definition) is 6. The number of amides is 2. The maximum Gasteiger partial charge on any atom is 0.315 e. The Balaban J connectivity index is 2.10. The van der Waals surface area contributed by atoms with E-state index in [1.807, 2.05) is 6.92 Å². The zero-order valence-corrected chi connectivity index (χ0v) is 19.0. The summed E-state index contributed by atoms with van der Waals surface area (Å²) < 4.78 is 11.0. The van der Waals surface area contributed by atoms with E-state index in [2.05, 4.69) is 15.6 Å². The van der Waals surface area contributed by atoms with Crippen molar-refractivity contribution in [2.45, 2.75) is 26.0 Å². The van der Waals surface area contributed by atoms with Crippen LogP contribution < -0.4 is 26.8 Å². The second-order valence-electron chi connectivity index (χ2n) is 7.03. The summed E-state index contributed by atoms with van der Waals surface area (Å²) in [5.74, 6) is -3.19. The zero-order valence-electron chi connectivity index (χ0n) is 19.0. The average molecular weight is 472 g/mol. The van der Waals surface area contributed by atoms with Crippen molar-refractivity contribution in [2.24, 2.45) is 16.5 Å². The molecule has 2 rings (SSSR count). The molecule has 2 unspecified atom stereocenters. The summed E-state index contributed by atoms with van der Waals surface area (Å²) in [6, 6.07) is 12.8. The zero-order chi connectivity index (χ0) is 25.1. The van der Waals surface area contributed by atoms with Gasteiger partial charge in [-0.1, -0.05) is 18.2 Å². The van der Waals surface area contributed by atoms with Crippen LogP contribution in [0.5, 0.6) is 5.75 Å². The van der Waals surface area contributed by atoms with Gasteiger partial charge in [0.25, 0.3) is 5.91 Å². The number of aliphatic carboxylic acids is 1. The smallest absolute Gasteiger partial charge is 0.315 e. The molecule has 0 aromatic heterocycles. The van der Waals surface area contributed by atoms with Gasteiger partial charge in [0.15, 0.2) is 5.96 Å². The van der Waals surface area contributed by atoms with Gasteiger partial charge in [0.1, 0.15) is 17.9 Å². The summed E-state index contributed by atoms with van der Waals surface area (Å²) in [7, 11) is 0. The van der Waals surface area contributed by atoms with Gasteiger partial charge in [0, 0.05) is 12.2 Å². The maximum absolute atomic E-state index is 12.5. The highest BCUT2D eigenvalue weighted by molar-refractivity contribution is 5.97. The number of guanidine groups is 1. The Hall–Kier alpha value is -4.12. The molecular formula is C23H29N5O6. The van der Waals surface area contributed by atoms with Gasteiger partial charge in [0.05, 0.1) is 18.8 Å². The second kappa shape index (κ2) is 12.8. The first-order valence-corrected chi connectivity index (χ1v) is 10.6. The molecule has 0 aliphatic rings. The van der Waals surface area contributed by atoms with Crippen molar-refractivity contribution in [3.63, 3.8) is 0 Å². The van der Waals surface area contributed by atoms with Crippen molar-refractivity contribution in [1.82, 2.24) is 10.6 Å². The molecule has 0 fully saturated rings. The number of nitrogens with zero attached hydrogens (tertiary/aromatic N) is 1. The number of rotatable bonds is 12. The van der Waals surface area contributed by atoms with E-state index in [4.69, 9.17) is 20.9 Å². The molecule has 0 saturated heterocycles. The van der Waals surface area contributed by atoms with Gasteiger partial charge in [-0.15, -0.1) is 0 Å². The van der Waals surface area contributed by atoms with Gasteiger partial charge in [-0.05, 0) is 49.7 Å². The third-order valence-corrected chi connectivity index (χ3v) is 4.52. The monoisotopic (exact) mass is 471 g/mol. The van der Waals surface area contributed by atoms with E-state index in [9.17, 15) is 19.5 Å². The molecule has 182 valence electrons. The fourth-order valence-electron chi connectivity index (χ4n) is 3.15. The normalized spacial score (nSPS) is 12.2. The molecule has 34 heavy (non-hydrogen) atoms. The molecule has 11 heteroatoms. The van der Waals surface area contributed by atoms with Gasteiger partial charge in [-0.2, -0.15) is 0 Å². The van der Waals surface area contributed by atoms with Crippen molar-refractivity contribution in [3.05, 3.63) is 59.7 Å². The van der Waals surface area contributed by atoms with E-state index in [0.717, 1.165) is 0 Å². The third kappa shape index (κ3) is 7.78. The van der Waals surface area contributed by atoms with Gasteiger partial charge in [0.2, 0.25) is 5.91 Å². The van der Waals surface area contributed by atoms with E-state index < -0.39 is 36.5 Å². The molecule has 0 aliphatic carbocycles. The molecule has 2 aromatic carbocycles. The molecule has 0 spiro atoms. The van der Waals surface area contributed by atoms with Crippen molar-refractivity contribution >= 4 is 29.4 Å². The molecule has 0 aliphatic heterocycles. The summed E-state index contributed by atoms with van der Waals surface area (Å²) in [4.78, 5) is 40.9. The number of carbonyl (C=O) groups excluding carboxylic acids is 2. The SMILES string of the molecule is CCOc1cccc(C(C(=O)O)C(NC(=O)CNC(=O)c2cccc(N=C(N)N)c2)OCC)c1. The van der Waals surface area contributed by atoms with Crippen LogP contribution in [0.25, 0.3) is 0 Å². The Bertz CT molecular complexity index is 1040. The topological polar surface area (TPSA) is 178 Å². The lowest BCUT2D eigenvalue weighted by Crippen LogP contribution is -2.47. The number of carbonyl (C=O) groups is 3. The van der Waals surface area contributed by atoms with E-state index in [-0.39, 0.29) is 18.1 Å². The van der Waals surface area contributed by atoms with E-state index in [1.54, 1.807) is 43.3 Å². The average Bonchev–Trinajstić information content (AvgIpc) is 2.78. The summed E-state index contributed by atoms with van der Waals surface area (Å²) in [6.45, 7) is 3.67. The minimum absolute atomic E-state index is 0.154. The van der Waals surface area contributed by atoms with Crippen molar-refractivity contribution in [2.75, 3.05) is 19.8 Å². The quantitative estimate of drug-likeness (QED) is 0.173. The minimum Gasteiger partial charge on any atom is -0.494 e. The predicted molar refractivity (Wildman–Crippen MR) is 126 cm³/mol. The highest BCUT2D eigenvalue weighted by Gasteiger charge is 2.32. The fraction of sp³-hybridized carbons (Fsp3) is 0.304. The highest BCUT2D eigenvalue weighted by Crippen LogP contribution is 2.25. The van der Waals surface area contributed by atoms with Gasteiger partial charge >= 0.3 is 5.97 Å². The first kappa shape index (κ1) is 26.1. The van der Waals surface area contributed by atoms with Crippen molar-refractivity contribution in [1.29, 1.82) is 0 Å². The van der Waals surface area contributed by atoms with Crippen LogP contribution >= 0.6 is 0 Å². The Kier molecular flexibility index (Phi) is 9.84. The molecule has 7 N–H and O–H groups in total. The molecule has 0 saturated carbocycles. The fourth-order valence-corrected chi connectivity index (χ4v) is 3.15. The second-order valence-corrected chi connectivity index (χ2v) is 7.03. The van der Waals surface area contributed by atoms with Crippen LogP contribution in [0, 0.1) is 0 Å². The van der Waals surface area contributed by atoms with E-state index in [1.165, 1.54) is 12.1 Å². The molecule has 0 bridgehead atoms. The van der Waals surface area contributed by atoms with Gasteiger partial charge in [-0.25, -0.2) is 4.99 Å². The minimum atomic E-state index is -1.20. The number of aliphatic imine (C=N–C) groups is 1. The summed E-state index contributed by atoms with van der Waals surface area (Å²) in [5.41, 5.74) is 11.7. The Morgan fingerprint density at radius 2 is 1.79 bits per heavy atom. The Morgan fingerprint density at radius 1 is 1.06 bits per heavy atom. The Labute approximate surface area is 197 Å². The molecule has 2 atom stereocenters. The highest BCUT2D eigenvalue weighted by atomic mass is 16.5. The number of nitrogens with two attached hydrogens (primary N) is 2. The Morgan fingerprint density at radius 3 is 2.44 bits per heavy atom. The lowest BCUT2D eigenvalue weighted by atomic mass is 9.97. The lowest BCUT2D eigenvalue weighted by Gasteiger charge is -2.25. The number of nitrogens with one attached hydrogen (secondary N) is 2. The first-order chi connectivity index (χ1) is 16.2. The molecule has 2 amide bonds. The number of carboxylic acids is 1.